The van der Waals surface area contributed by atoms with Gasteiger partial charge in [0, 0.05) is 24.4 Å². The maximum Gasteiger partial charge on any atom is 0.303 e. The highest BCUT2D eigenvalue weighted by Crippen LogP contribution is 2.27. The standard InChI is InChI=1S/C16H23NO3S/c1-3-5-13-9-14(21-11(13)2)16(20)17-7-4-6-12(10-17)8-15(18)19/h9,12H,3-8,10H2,1-2H3,(H,18,19). The van der Waals surface area contributed by atoms with E-state index in [1.54, 1.807) is 11.3 Å². The zero-order valence-electron chi connectivity index (χ0n) is 12.7. The highest BCUT2D eigenvalue weighted by molar-refractivity contribution is 7.14. The number of nitrogens with zero attached hydrogens (tertiary/aromatic N) is 1. The predicted octanol–water partition coefficient (Wildman–Crippen LogP) is 3.34. The van der Waals surface area contributed by atoms with E-state index in [-0.39, 0.29) is 18.2 Å². The molecule has 116 valence electrons. The molecule has 2 rings (SSSR count). The molecule has 1 aromatic rings. The first-order chi connectivity index (χ1) is 10.0. The minimum absolute atomic E-state index is 0.0699. The van der Waals surface area contributed by atoms with Gasteiger partial charge in [0.25, 0.3) is 5.91 Å². The van der Waals surface area contributed by atoms with Crippen molar-refractivity contribution in [2.45, 2.75) is 46.0 Å². The number of hydrogen-bond acceptors (Lipinski definition) is 3. The summed E-state index contributed by atoms with van der Waals surface area (Å²) in [5.74, 6) is -0.608. The number of aliphatic carboxylic acids is 1. The fourth-order valence-electron chi connectivity index (χ4n) is 2.96. The maximum absolute atomic E-state index is 12.6. The van der Waals surface area contributed by atoms with Gasteiger partial charge in [-0.05, 0) is 43.7 Å². The lowest BCUT2D eigenvalue weighted by molar-refractivity contribution is -0.138. The van der Waals surface area contributed by atoms with Crippen molar-refractivity contribution in [2.24, 2.45) is 5.92 Å². The number of carbonyl (C=O) groups is 2. The molecule has 1 aromatic heterocycles. The van der Waals surface area contributed by atoms with Crippen molar-refractivity contribution < 1.29 is 14.7 Å². The third-order valence-corrected chi connectivity index (χ3v) is 5.10. The molecule has 1 saturated heterocycles. The van der Waals surface area contributed by atoms with E-state index >= 15 is 0 Å². The van der Waals surface area contributed by atoms with Crippen LogP contribution in [0.1, 0.15) is 52.7 Å². The summed E-state index contributed by atoms with van der Waals surface area (Å²) in [7, 11) is 0. The van der Waals surface area contributed by atoms with Crippen LogP contribution < -0.4 is 0 Å². The molecule has 1 N–H and O–H groups in total. The van der Waals surface area contributed by atoms with Crippen molar-refractivity contribution in [3.8, 4) is 0 Å². The summed E-state index contributed by atoms with van der Waals surface area (Å²) in [6.07, 6.45) is 4.05. The lowest BCUT2D eigenvalue weighted by atomic mass is 9.95. The van der Waals surface area contributed by atoms with E-state index in [1.165, 1.54) is 10.4 Å². The van der Waals surface area contributed by atoms with Crippen LogP contribution in [-0.4, -0.2) is 35.0 Å². The fourth-order valence-corrected chi connectivity index (χ4v) is 4.00. The second kappa shape index (κ2) is 7.07. The molecule has 5 heteroatoms. The molecule has 4 nitrogen and oxygen atoms in total. The van der Waals surface area contributed by atoms with Crippen LogP contribution in [0.5, 0.6) is 0 Å². The van der Waals surface area contributed by atoms with Crippen molar-refractivity contribution >= 4 is 23.2 Å². The Labute approximate surface area is 129 Å². The lowest BCUT2D eigenvalue weighted by Crippen LogP contribution is -2.40. The van der Waals surface area contributed by atoms with E-state index in [9.17, 15) is 9.59 Å². The van der Waals surface area contributed by atoms with Crippen molar-refractivity contribution in [1.29, 1.82) is 0 Å². The summed E-state index contributed by atoms with van der Waals surface area (Å²) in [5.41, 5.74) is 1.27. The van der Waals surface area contributed by atoms with Crippen LogP contribution in [0.2, 0.25) is 0 Å². The number of likely N-dealkylation sites (tertiary alicyclic amines) is 1. The van der Waals surface area contributed by atoms with Gasteiger partial charge in [-0.25, -0.2) is 0 Å². The quantitative estimate of drug-likeness (QED) is 0.907. The molecule has 0 aliphatic carbocycles. The Morgan fingerprint density at radius 1 is 1.48 bits per heavy atom. The fraction of sp³-hybridized carbons (Fsp3) is 0.625. The van der Waals surface area contributed by atoms with Gasteiger partial charge in [-0.2, -0.15) is 0 Å². The van der Waals surface area contributed by atoms with Gasteiger partial charge in [-0.15, -0.1) is 11.3 Å². The molecular weight excluding hydrogens is 286 g/mol. The Kier molecular flexibility index (Phi) is 5.39. The van der Waals surface area contributed by atoms with Crippen molar-refractivity contribution in [3.63, 3.8) is 0 Å². The molecule has 1 aliphatic rings. The molecule has 1 fully saturated rings. The molecule has 1 amide bonds. The highest BCUT2D eigenvalue weighted by atomic mass is 32.1. The second-order valence-electron chi connectivity index (χ2n) is 5.80. The summed E-state index contributed by atoms with van der Waals surface area (Å²) in [5, 5.41) is 8.91. The summed E-state index contributed by atoms with van der Waals surface area (Å²) in [6, 6.07) is 2.02. The van der Waals surface area contributed by atoms with E-state index in [1.807, 2.05) is 11.0 Å². The number of piperidine rings is 1. The SMILES string of the molecule is CCCc1cc(C(=O)N2CCCC(CC(=O)O)C2)sc1C. The van der Waals surface area contributed by atoms with E-state index in [2.05, 4.69) is 13.8 Å². The molecule has 21 heavy (non-hydrogen) atoms. The zero-order valence-corrected chi connectivity index (χ0v) is 13.5. The van der Waals surface area contributed by atoms with Crippen LogP contribution in [0.4, 0.5) is 0 Å². The molecular formula is C16H23NO3S. The summed E-state index contributed by atoms with van der Waals surface area (Å²) in [6.45, 7) is 5.52. The first kappa shape index (κ1) is 16.0. The van der Waals surface area contributed by atoms with Crippen LogP contribution in [0.15, 0.2) is 6.07 Å². The molecule has 0 bridgehead atoms. The van der Waals surface area contributed by atoms with Gasteiger partial charge in [0.2, 0.25) is 0 Å². The maximum atomic E-state index is 12.6. The van der Waals surface area contributed by atoms with Crippen LogP contribution >= 0.6 is 11.3 Å². The largest absolute Gasteiger partial charge is 0.481 e. The van der Waals surface area contributed by atoms with Crippen LogP contribution in [0.3, 0.4) is 0 Å². The Morgan fingerprint density at radius 3 is 2.90 bits per heavy atom. The normalized spacial score (nSPS) is 18.8. The molecule has 1 aliphatic heterocycles. The lowest BCUT2D eigenvalue weighted by Gasteiger charge is -2.31. The third kappa shape index (κ3) is 4.06. The number of carbonyl (C=O) groups excluding carboxylic acids is 1. The second-order valence-corrected chi connectivity index (χ2v) is 7.06. The first-order valence-electron chi connectivity index (χ1n) is 7.61. The van der Waals surface area contributed by atoms with Gasteiger partial charge < -0.3 is 10.0 Å². The molecule has 0 saturated carbocycles. The molecule has 1 atom stereocenters. The zero-order chi connectivity index (χ0) is 15.4. The Morgan fingerprint density at radius 2 is 2.24 bits per heavy atom. The minimum Gasteiger partial charge on any atom is -0.481 e. The number of carboxylic acid groups (broad SMARTS) is 1. The number of carboxylic acids is 1. The van der Waals surface area contributed by atoms with E-state index in [4.69, 9.17) is 5.11 Å². The summed E-state index contributed by atoms with van der Waals surface area (Å²) < 4.78 is 0. The first-order valence-corrected chi connectivity index (χ1v) is 8.43. The number of hydrogen-bond donors (Lipinski definition) is 1. The number of thiophene rings is 1. The van der Waals surface area contributed by atoms with Gasteiger partial charge in [0.15, 0.2) is 0 Å². The van der Waals surface area contributed by atoms with Crippen LogP contribution in [0, 0.1) is 12.8 Å². The number of amides is 1. The molecule has 1 unspecified atom stereocenters. The van der Waals surface area contributed by atoms with Crippen molar-refractivity contribution in [2.75, 3.05) is 13.1 Å². The average molecular weight is 309 g/mol. The van der Waals surface area contributed by atoms with E-state index in [0.29, 0.717) is 6.54 Å². The Balaban J connectivity index is 2.05. The molecule has 2 heterocycles. The number of aryl methyl sites for hydroxylation is 2. The predicted molar refractivity (Wildman–Crippen MR) is 83.9 cm³/mol. The van der Waals surface area contributed by atoms with E-state index in [0.717, 1.165) is 37.1 Å². The summed E-state index contributed by atoms with van der Waals surface area (Å²) in [4.78, 5) is 27.3. The minimum atomic E-state index is -0.772. The topological polar surface area (TPSA) is 57.6 Å². The Hall–Kier alpha value is -1.36. The molecule has 0 aromatic carbocycles. The van der Waals surface area contributed by atoms with Crippen LogP contribution in [0.25, 0.3) is 0 Å². The molecule has 0 spiro atoms. The van der Waals surface area contributed by atoms with Crippen molar-refractivity contribution in [1.82, 2.24) is 4.90 Å². The number of rotatable bonds is 5. The average Bonchev–Trinajstić information content (AvgIpc) is 2.79. The van der Waals surface area contributed by atoms with Gasteiger partial charge in [0.1, 0.15) is 0 Å². The summed E-state index contributed by atoms with van der Waals surface area (Å²) >= 11 is 1.56. The van der Waals surface area contributed by atoms with Crippen molar-refractivity contribution in [3.05, 3.63) is 21.4 Å². The van der Waals surface area contributed by atoms with Gasteiger partial charge in [-0.3, -0.25) is 9.59 Å². The third-order valence-electron chi connectivity index (χ3n) is 4.02. The smallest absolute Gasteiger partial charge is 0.303 e. The monoisotopic (exact) mass is 309 g/mol. The van der Waals surface area contributed by atoms with Gasteiger partial charge >= 0.3 is 5.97 Å². The highest BCUT2D eigenvalue weighted by Gasteiger charge is 2.27. The van der Waals surface area contributed by atoms with Gasteiger partial charge in [-0.1, -0.05) is 13.3 Å². The van der Waals surface area contributed by atoms with Gasteiger partial charge in [0.05, 0.1) is 4.88 Å². The Bertz CT molecular complexity index is 524. The molecule has 0 radical (unpaired) electrons. The van der Waals surface area contributed by atoms with Crippen LogP contribution in [-0.2, 0) is 11.2 Å². The van der Waals surface area contributed by atoms with E-state index < -0.39 is 5.97 Å².